The average Bonchev–Trinajstić information content (AvgIpc) is 2.66. The monoisotopic (exact) mass is 272 g/mol. The van der Waals surface area contributed by atoms with Crippen molar-refractivity contribution in [2.24, 2.45) is 5.41 Å². The zero-order chi connectivity index (χ0) is 13.6. The van der Waals surface area contributed by atoms with Gasteiger partial charge in [-0.2, -0.15) is 5.10 Å². The highest BCUT2D eigenvalue weighted by molar-refractivity contribution is 7.89. The molecule has 7 heteroatoms. The van der Waals surface area contributed by atoms with E-state index in [9.17, 15) is 8.42 Å². The number of hydrogen-bond acceptors (Lipinski definition) is 4. The van der Waals surface area contributed by atoms with Gasteiger partial charge in [0.15, 0.2) is 0 Å². The Kier molecular flexibility index (Phi) is 3.25. The molecule has 0 amide bonds. The third-order valence-corrected chi connectivity index (χ3v) is 5.06. The van der Waals surface area contributed by atoms with E-state index in [1.54, 1.807) is 14.0 Å². The van der Waals surface area contributed by atoms with Crippen LogP contribution in [0.15, 0.2) is 4.90 Å². The molecule has 1 aliphatic carbocycles. The Morgan fingerprint density at radius 1 is 1.50 bits per heavy atom. The minimum atomic E-state index is -3.49. The fraction of sp³-hybridized carbons (Fsp3) is 0.727. The van der Waals surface area contributed by atoms with Crippen molar-refractivity contribution in [3.63, 3.8) is 0 Å². The van der Waals surface area contributed by atoms with Crippen LogP contribution in [0.2, 0.25) is 0 Å². The van der Waals surface area contributed by atoms with Gasteiger partial charge in [-0.25, -0.2) is 13.1 Å². The first-order valence-corrected chi connectivity index (χ1v) is 7.47. The number of aromatic amines is 1. The molecular formula is C11H20N4O2S. The van der Waals surface area contributed by atoms with Crippen molar-refractivity contribution in [2.45, 2.75) is 44.7 Å². The smallest absolute Gasteiger partial charge is 0.244 e. The van der Waals surface area contributed by atoms with Crippen LogP contribution in [0.5, 0.6) is 0 Å². The first-order valence-electron chi connectivity index (χ1n) is 5.99. The molecule has 0 aliphatic heterocycles. The zero-order valence-corrected chi connectivity index (χ0v) is 12.0. The molecule has 1 unspecified atom stereocenters. The lowest BCUT2D eigenvalue weighted by atomic mass is 10.2. The first kappa shape index (κ1) is 13.5. The molecule has 3 N–H and O–H groups in total. The van der Waals surface area contributed by atoms with Crippen LogP contribution in [-0.4, -0.2) is 31.7 Å². The van der Waals surface area contributed by atoms with E-state index in [4.69, 9.17) is 0 Å². The van der Waals surface area contributed by atoms with Gasteiger partial charge in [-0.3, -0.25) is 5.10 Å². The summed E-state index contributed by atoms with van der Waals surface area (Å²) in [6.45, 7) is 6.25. The minimum Gasteiger partial charge on any atom is -0.314 e. The van der Waals surface area contributed by atoms with Gasteiger partial charge in [-0.05, 0) is 25.8 Å². The van der Waals surface area contributed by atoms with Gasteiger partial charge in [0.2, 0.25) is 10.0 Å². The number of rotatable bonds is 5. The van der Waals surface area contributed by atoms with E-state index in [2.05, 4.69) is 34.1 Å². The van der Waals surface area contributed by atoms with E-state index < -0.39 is 10.0 Å². The molecule has 0 saturated heterocycles. The van der Waals surface area contributed by atoms with Crippen molar-refractivity contribution >= 4 is 10.0 Å². The SMILES string of the molecule is CNCc1n[nH]c(C)c1S(=O)(=O)NC1CC1(C)C. The molecule has 1 aromatic rings. The second kappa shape index (κ2) is 4.32. The summed E-state index contributed by atoms with van der Waals surface area (Å²) in [5, 5.41) is 9.68. The van der Waals surface area contributed by atoms with Crippen molar-refractivity contribution in [3.8, 4) is 0 Å². The molecule has 102 valence electrons. The second-order valence-electron chi connectivity index (χ2n) is 5.52. The Morgan fingerprint density at radius 2 is 2.11 bits per heavy atom. The average molecular weight is 272 g/mol. The second-order valence-corrected chi connectivity index (χ2v) is 7.17. The molecule has 1 heterocycles. The highest BCUT2D eigenvalue weighted by Gasteiger charge is 2.48. The highest BCUT2D eigenvalue weighted by Crippen LogP contribution is 2.45. The largest absolute Gasteiger partial charge is 0.314 e. The number of sulfonamides is 1. The van der Waals surface area contributed by atoms with Gasteiger partial charge < -0.3 is 5.32 Å². The van der Waals surface area contributed by atoms with Gasteiger partial charge in [0.1, 0.15) is 4.90 Å². The highest BCUT2D eigenvalue weighted by atomic mass is 32.2. The molecular weight excluding hydrogens is 252 g/mol. The lowest BCUT2D eigenvalue weighted by Crippen LogP contribution is -2.30. The van der Waals surface area contributed by atoms with E-state index in [-0.39, 0.29) is 16.4 Å². The summed E-state index contributed by atoms with van der Waals surface area (Å²) in [5.41, 5.74) is 1.17. The van der Waals surface area contributed by atoms with Crippen LogP contribution in [0.1, 0.15) is 31.7 Å². The molecule has 1 aliphatic rings. The molecule has 0 aromatic carbocycles. The van der Waals surface area contributed by atoms with Gasteiger partial charge in [-0.1, -0.05) is 13.8 Å². The maximum Gasteiger partial charge on any atom is 0.244 e. The van der Waals surface area contributed by atoms with Crippen LogP contribution in [0.3, 0.4) is 0 Å². The molecule has 2 rings (SSSR count). The molecule has 1 saturated carbocycles. The van der Waals surface area contributed by atoms with Crippen molar-refractivity contribution in [2.75, 3.05) is 7.05 Å². The maximum atomic E-state index is 12.3. The van der Waals surface area contributed by atoms with Crippen LogP contribution in [-0.2, 0) is 16.6 Å². The van der Waals surface area contributed by atoms with Crippen LogP contribution >= 0.6 is 0 Å². The fourth-order valence-corrected chi connectivity index (χ4v) is 3.80. The quantitative estimate of drug-likeness (QED) is 0.729. The lowest BCUT2D eigenvalue weighted by Gasteiger charge is -2.09. The van der Waals surface area contributed by atoms with Crippen LogP contribution in [0.4, 0.5) is 0 Å². The van der Waals surface area contributed by atoms with Gasteiger partial charge in [0.05, 0.1) is 11.4 Å². The van der Waals surface area contributed by atoms with Gasteiger partial charge >= 0.3 is 0 Å². The summed E-state index contributed by atoms with van der Waals surface area (Å²) < 4.78 is 27.4. The summed E-state index contributed by atoms with van der Waals surface area (Å²) in [6, 6.07) is 0.0271. The third-order valence-electron chi connectivity index (χ3n) is 3.39. The molecule has 6 nitrogen and oxygen atoms in total. The third kappa shape index (κ3) is 2.43. The van der Waals surface area contributed by atoms with E-state index in [1.807, 2.05) is 0 Å². The Bertz CT molecular complexity index is 547. The van der Waals surface area contributed by atoms with Gasteiger partial charge in [-0.15, -0.1) is 0 Å². The number of nitrogens with one attached hydrogen (secondary N) is 3. The topological polar surface area (TPSA) is 86.9 Å². The predicted octanol–water partition coefficient (Wildman–Crippen LogP) is 0.514. The molecule has 1 fully saturated rings. The van der Waals surface area contributed by atoms with Crippen LogP contribution in [0, 0.1) is 12.3 Å². The molecule has 0 bridgehead atoms. The Balaban J connectivity index is 2.27. The number of aryl methyl sites for hydroxylation is 1. The predicted molar refractivity (Wildman–Crippen MR) is 68.6 cm³/mol. The molecule has 18 heavy (non-hydrogen) atoms. The maximum absolute atomic E-state index is 12.3. The summed E-state index contributed by atoms with van der Waals surface area (Å²) >= 11 is 0. The fourth-order valence-electron chi connectivity index (χ4n) is 2.03. The zero-order valence-electron chi connectivity index (χ0n) is 11.2. The summed E-state index contributed by atoms with van der Waals surface area (Å²) in [4.78, 5) is 0.277. The van der Waals surface area contributed by atoms with E-state index in [0.717, 1.165) is 6.42 Å². The molecule has 0 spiro atoms. The number of H-pyrrole nitrogens is 1. The van der Waals surface area contributed by atoms with E-state index in [1.165, 1.54) is 0 Å². The number of aromatic nitrogens is 2. The van der Waals surface area contributed by atoms with Crippen molar-refractivity contribution in [1.82, 2.24) is 20.2 Å². The van der Waals surface area contributed by atoms with Gasteiger partial charge in [0.25, 0.3) is 0 Å². The van der Waals surface area contributed by atoms with Crippen molar-refractivity contribution in [1.29, 1.82) is 0 Å². The van der Waals surface area contributed by atoms with Crippen LogP contribution < -0.4 is 10.0 Å². The van der Waals surface area contributed by atoms with Crippen molar-refractivity contribution < 1.29 is 8.42 Å². The minimum absolute atomic E-state index is 0.0271. The first-order chi connectivity index (χ1) is 8.28. The molecule has 0 radical (unpaired) electrons. The Morgan fingerprint density at radius 3 is 2.61 bits per heavy atom. The lowest BCUT2D eigenvalue weighted by molar-refractivity contribution is 0.553. The standard InChI is InChI=1S/C11H20N4O2S/c1-7-10(8(6-12-4)14-13-7)18(16,17)15-9-5-11(9,2)3/h9,12,15H,5-6H2,1-4H3,(H,13,14). The Labute approximate surface area is 108 Å². The normalized spacial score (nSPS) is 22.1. The van der Waals surface area contributed by atoms with E-state index >= 15 is 0 Å². The molecule has 1 aromatic heterocycles. The summed E-state index contributed by atoms with van der Waals surface area (Å²) in [6.07, 6.45) is 0.879. The van der Waals surface area contributed by atoms with Crippen molar-refractivity contribution in [3.05, 3.63) is 11.4 Å². The van der Waals surface area contributed by atoms with E-state index in [0.29, 0.717) is 17.9 Å². The molecule has 1 atom stereocenters. The number of nitrogens with zero attached hydrogens (tertiary/aromatic N) is 1. The van der Waals surface area contributed by atoms with Gasteiger partial charge in [0, 0.05) is 12.6 Å². The summed E-state index contributed by atoms with van der Waals surface area (Å²) in [5.74, 6) is 0. The summed E-state index contributed by atoms with van der Waals surface area (Å²) in [7, 11) is -1.73. The van der Waals surface area contributed by atoms with Crippen LogP contribution in [0.25, 0.3) is 0 Å². The Hall–Kier alpha value is -0.920. The number of hydrogen-bond donors (Lipinski definition) is 3.